The summed E-state index contributed by atoms with van der Waals surface area (Å²) < 4.78 is 1.95. The van der Waals surface area contributed by atoms with Crippen molar-refractivity contribution >= 4 is 29.1 Å². The molecule has 1 N–H and O–H groups in total. The summed E-state index contributed by atoms with van der Waals surface area (Å²) in [5, 5.41) is 3.07. The van der Waals surface area contributed by atoms with Crippen LogP contribution in [0, 0.1) is 6.92 Å². The Morgan fingerprint density at radius 2 is 1.70 bits per heavy atom. The van der Waals surface area contributed by atoms with Gasteiger partial charge in [0.2, 0.25) is 5.91 Å². The van der Waals surface area contributed by atoms with Gasteiger partial charge < -0.3 is 5.32 Å². The number of thioether (sulfide) groups is 1. The molecule has 4 aromatic rings. The molecule has 2 aromatic carbocycles. The van der Waals surface area contributed by atoms with E-state index in [1.165, 1.54) is 11.8 Å². The molecule has 0 aliphatic carbocycles. The zero-order valence-corrected chi connectivity index (χ0v) is 15.7. The van der Waals surface area contributed by atoms with Gasteiger partial charge in [-0.15, -0.1) is 11.8 Å². The predicted octanol–water partition coefficient (Wildman–Crippen LogP) is 5.04. The topological polar surface area (TPSA) is 46.4 Å². The average molecular weight is 373 g/mol. The van der Waals surface area contributed by atoms with Crippen LogP contribution in [-0.4, -0.2) is 21.0 Å². The van der Waals surface area contributed by atoms with Crippen LogP contribution in [0.4, 0.5) is 5.82 Å². The normalized spacial score (nSPS) is 10.9. The number of benzene rings is 2. The van der Waals surface area contributed by atoms with Crippen LogP contribution in [0.2, 0.25) is 0 Å². The molecule has 4 nitrogen and oxygen atoms in total. The Morgan fingerprint density at radius 1 is 1.00 bits per heavy atom. The largest absolute Gasteiger partial charge is 0.309 e. The molecule has 0 radical (unpaired) electrons. The molecule has 5 heteroatoms. The summed E-state index contributed by atoms with van der Waals surface area (Å²) in [5.41, 5.74) is 3.67. The van der Waals surface area contributed by atoms with Crippen LogP contribution in [0.25, 0.3) is 16.9 Å². The number of pyridine rings is 1. The van der Waals surface area contributed by atoms with Crippen LogP contribution in [0.1, 0.15) is 5.56 Å². The summed E-state index contributed by atoms with van der Waals surface area (Å²) in [4.78, 5) is 18.5. The summed E-state index contributed by atoms with van der Waals surface area (Å²) in [5.74, 6) is 1.00. The van der Waals surface area contributed by atoms with Gasteiger partial charge in [-0.1, -0.05) is 54.6 Å². The first-order chi connectivity index (χ1) is 13.2. The van der Waals surface area contributed by atoms with Crippen molar-refractivity contribution in [2.24, 2.45) is 0 Å². The fourth-order valence-corrected chi connectivity index (χ4v) is 3.67. The Balaban J connectivity index is 1.65. The number of carbonyl (C=O) groups excluding carboxylic acids is 1. The van der Waals surface area contributed by atoms with Crippen molar-refractivity contribution in [2.75, 3.05) is 11.1 Å². The standard InChI is InChI=1S/C22H19N3OS/c1-16-9-8-14-25-21(16)24-20(17-10-4-2-5-11-17)22(25)23-19(26)15-27-18-12-6-3-7-13-18/h2-14H,15H2,1H3,(H,23,26). The van der Waals surface area contributed by atoms with E-state index in [1.54, 1.807) is 0 Å². The molecule has 0 saturated heterocycles. The van der Waals surface area contributed by atoms with Gasteiger partial charge in [-0.05, 0) is 30.7 Å². The minimum atomic E-state index is -0.0515. The van der Waals surface area contributed by atoms with Gasteiger partial charge in [0.05, 0.1) is 5.75 Å². The van der Waals surface area contributed by atoms with E-state index in [2.05, 4.69) is 5.32 Å². The number of nitrogens with one attached hydrogen (secondary N) is 1. The van der Waals surface area contributed by atoms with E-state index >= 15 is 0 Å². The van der Waals surface area contributed by atoms with E-state index in [1.807, 2.05) is 90.3 Å². The van der Waals surface area contributed by atoms with Crippen molar-refractivity contribution in [3.63, 3.8) is 0 Å². The van der Waals surface area contributed by atoms with Crippen molar-refractivity contribution in [1.82, 2.24) is 9.38 Å². The summed E-state index contributed by atoms with van der Waals surface area (Å²) >= 11 is 1.52. The molecule has 0 unspecified atom stereocenters. The van der Waals surface area contributed by atoms with Crippen molar-refractivity contribution < 1.29 is 4.79 Å². The maximum atomic E-state index is 12.6. The summed E-state index contributed by atoms with van der Waals surface area (Å²) in [6, 6.07) is 23.8. The van der Waals surface area contributed by atoms with E-state index in [0.717, 1.165) is 27.4 Å². The first kappa shape index (κ1) is 17.4. The van der Waals surface area contributed by atoms with E-state index in [9.17, 15) is 4.79 Å². The minimum Gasteiger partial charge on any atom is -0.309 e. The van der Waals surface area contributed by atoms with Crippen molar-refractivity contribution in [3.05, 3.63) is 84.6 Å². The van der Waals surface area contributed by atoms with Crippen molar-refractivity contribution in [3.8, 4) is 11.3 Å². The molecule has 2 aromatic heterocycles. The highest BCUT2D eigenvalue weighted by atomic mass is 32.2. The van der Waals surface area contributed by atoms with Crippen LogP contribution in [0.15, 0.2) is 83.9 Å². The fraction of sp³-hybridized carbons (Fsp3) is 0.0909. The number of imidazole rings is 1. The number of nitrogens with zero attached hydrogens (tertiary/aromatic N) is 2. The highest BCUT2D eigenvalue weighted by Gasteiger charge is 2.17. The van der Waals surface area contributed by atoms with Gasteiger partial charge in [0.1, 0.15) is 17.2 Å². The molecule has 0 spiro atoms. The molecule has 27 heavy (non-hydrogen) atoms. The highest BCUT2D eigenvalue weighted by molar-refractivity contribution is 8.00. The average Bonchev–Trinajstić information content (AvgIpc) is 3.08. The quantitative estimate of drug-likeness (QED) is 0.499. The molecular weight excluding hydrogens is 354 g/mol. The second-order valence-electron chi connectivity index (χ2n) is 6.21. The zero-order valence-electron chi connectivity index (χ0n) is 14.9. The lowest BCUT2D eigenvalue weighted by molar-refractivity contribution is -0.113. The van der Waals surface area contributed by atoms with Gasteiger partial charge in [0.25, 0.3) is 0 Å². The number of hydrogen-bond acceptors (Lipinski definition) is 3. The summed E-state index contributed by atoms with van der Waals surface area (Å²) in [7, 11) is 0. The number of aromatic nitrogens is 2. The highest BCUT2D eigenvalue weighted by Crippen LogP contribution is 2.30. The molecule has 134 valence electrons. The number of rotatable bonds is 5. The van der Waals surface area contributed by atoms with E-state index in [4.69, 9.17) is 4.98 Å². The Kier molecular flexibility index (Phi) is 4.94. The molecule has 0 bridgehead atoms. The lowest BCUT2D eigenvalue weighted by atomic mass is 10.1. The van der Waals surface area contributed by atoms with Crippen molar-refractivity contribution in [1.29, 1.82) is 0 Å². The first-order valence-corrected chi connectivity index (χ1v) is 9.72. The third kappa shape index (κ3) is 3.73. The number of carbonyl (C=O) groups is 1. The molecule has 0 aliphatic heterocycles. The molecule has 2 heterocycles. The molecule has 0 fully saturated rings. The summed E-state index contributed by atoms with van der Waals surface area (Å²) in [6.45, 7) is 2.02. The van der Waals surface area contributed by atoms with Crippen LogP contribution in [0.5, 0.6) is 0 Å². The van der Waals surface area contributed by atoms with E-state index in [0.29, 0.717) is 11.6 Å². The van der Waals surface area contributed by atoms with E-state index < -0.39 is 0 Å². The van der Waals surface area contributed by atoms with Gasteiger partial charge >= 0.3 is 0 Å². The lowest BCUT2D eigenvalue weighted by Gasteiger charge is -2.08. The second kappa shape index (κ2) is 7.68. The van der Waals surface area contributed by atoms with Gasteiger partial charge in [-0.2, -0.15) is 0 Å². The van der Waals surface area contributed by atoms with Gasteiger partial charge in [-0.25, -0.2) is 4.98 Å². The fourth-order valence-electron chi connectivity index (χ4n) is 2.95. The maximum absolute atomic E-state index is 12.6. The van der Waals surface area contributed by atoms with Crippen LogP contribution >= 0.6 is 11.8 Å². The third-order valence-corrected chi connectivity index (χ3v) is 5.28. The molecule has 1 amide bonds. The predicted molar refractivity (Wildman–Crippen MR) is 111 cm³/mol. The van der Waals surface area contributed by atoms with Crippen molar-refractivity contribution in [2.45, 2.75) is 11.8 Å². The zero-order chi connectivity index (χ0) is 18.6. The van der Waals surface area contributed by atoms with Gasteiger partial charge in [0.15, 0.2) is 0 Å². The van der Waals surface area contributed by atoms with Crippen LogP contribution in [-0.2, 0) is 4.79 Å². The first-order valence-electron chi connectivity index (χ1n) is 8.73. The Bertz CT molecular complexity index is 1070. The van der Waals surface area contributed by atoms with Crippen LogP contribution < -0.4 is 5.32 Å². The lowest BCUT2D eigenvalue weighted by Crippen LogP contribution is -2.16. The van der Waals surface area contributed by atoms with E-state index in [-0.39, 0.29) is 5.91 Å². The molecular formula is C22H19N3OS. The molecule has 0 atom stereocenters. The SMILES string of the molecule is Cc1cccn2c(NC(=O)CSc3ccccc3)c(-c3ccccc3)nc12. The number of fused-ring (bicyclic) bond motifs is 1. The van der Waals surface area contributed by atoms with Crippen LogP contribution in [0.3, 0.4) is 0 Å². The number of hydrogen-bond donors (Lipinski definition) is 1. The minimum absolute atomic E-state index is 0.0515. The summed E-state index contributed by atoms with van der Waals surface area (Å²) in [6.07, 6.45) is 1.93. The van der Waals surface area contributed by atoms with Gasteiger partial charge in [0, 0.05) is 16.7 Å². The molecule has 4 rings (SSSR count). The molecule has 0 saturated carbocycles. The molecule has 0 aliphatic rings. The number of anilines is 1. The third-order valence-electron chi connectivity index (χ3n) is 4.26. The number of aryl methyl sites for hydroxylation is 1. The number of amides is 1. The smallest absolute Gasteiger partial charge is 0.235 e. The van der Waals surface area contributed by atoms with Gasteiger partial charge in [-0.3, -0.25) is 9.20 Å². The maximum Gasteiger partial charge on any atom is 0.235 e. The monoisotopic (exact) mass is 373 g/mol. The Hall–Kier alpha value is -3.05. The Labute approximate surface area is 162 Å². The Morgan fingerprint density at radius 3 is 2.44 bits per heavy atom. The second-order valence-corrected chi connectivity index (χ2v) is 7.26.